The molecule has 2 aliphatic carbocycles. The second kappa shape index (κ2) is 5.92. The maximum atomic E-state index is 12.4. The zero-order valence-electron chi connectivity index (χ0n) is 13.8. The van der Waals surface area contributed by atoms with Gasteiger partial charge in [0.15, 0.2) is 9.84 Å². The second-order valence-electron chi connectivity index (χ2n) is 7.16. The molecule has 0 saturated heterocycles. The van der Waals surface area contributed by atoms with Crippen LogP contribution < -0.4 is 5.32 Å². The lowest BCUT2D eigenvalue weighted by Gasteiger charge is -2.23. The van der Waals surface area contributed by atoms with E-state index in [1.165, 1.54) is 26.7 Å². The molecular weight excluding hydrogens is 314 g/mol. The molecule has 1 heterocycles. The summed E-state index contributed by atoms with van der Waals surface area (Å²) in [6.45, 7) is 3.25. The predicted octanol–water partition coefficient (Wildman–Crippen LogP) is 1.97. The Morgan fingerprint density at radius 3 is 2.57 bits per heavy atom. The smallest absolute Gasteiger partial charge is 0.241 e. The molecule has 2 saturated carbocycles. The van der Waals surface area contributed by atoms with Crippen molar-refractivity contribution in [2.45, 2.75) is 75.0 Å². The van der Waals surface area contributed by atoms with Gasteiger partial charge in [0.25, 0.3) is 0 Å². The highest BCUT2D eigenvalue weighted by Gasteiger charge is 2.50. The van der Waals surface area contributed by atoms with E-state index < -0.39 is 20.5 Å². The van der Waals surface area contributed by atoms with Crippen molar-refractivity contribution in [1.29, 1.82) is 0 Å². The summed E-state index contributed by atoms with van der Waals surface area (Å²) >= 11 is 0. The molecule has 1 aromatic rings. The normalized spacial score (nSPS) is 19.9. The van der Waals surface area contributed by atoms with Crippen LogP contribution in [0.2, 0.25) is 0 Å². The van der Waals surface area contributed by atoms with E-state index in [2.05, 4.69) is 10.4 Å². The van der Waals surface area contributed by atoms with E-state index in [4.69, 9.17) is 0 Å². The molecule has 0 spiro atoms. The van der Waals surface area contributed by atoms with Crippen molar-refractivity contribution in [2.24, 2.45) is 0 Å². The molecular formula is C16H25N3O3S. The van der Waals surface area contributed by atoms with E-state index in [0.717, 1.165) is 18.5 Å². The van der Waals surface area contributed by atoms with Crippen LogP contribution in [0.5, 0.6) is 0 Å². The molecule has 0 atom stereocenters. The summed E-state index contributed by atoms with van der Waals surface area (Å²) in [5, 5.41) is 6.90. The lowest BCUT2D eigenvalue weighted by Crippen LogP contribution is -2.49. The van der Waals surface area contributed by atoms with Crippen LogP contribution in [0.3, 0.4) is 0 Å². The number of nitrogens with zero attached hydrogens (tertiary/aromatic N) is 2. The summed E-state index contributed by atoms with van der Waals surface area (Å²) in [7, 11) is -3.41. The van der Waals surface area contributed by atoms with E-state index in [0.29, 0.717) is 18.9 Å². The average molecular weight is 339 g/mol. The Bertz CT molecular complexity index is 683. The van der Waals surface area contributed by atoms with Crippen LogP contribution in [0.4, 0.5) is 0 Å². The third-order valence-electron chi connectivity index (χ3n) is 5.01. The molecule has 3 rings (SSSR count). The Kier molecular flexibility index (Phi) is 4.25. The zero-order valence-corrected chi connectivity index (χ0v) is 14.6. The van der Waals surface area contributed by atoms with Gasteiger partial charge in [0.2, 0.25) is 5.91 Å². The largest absolute Gasteiger partial charge is 0.349 e. The Balaban J connectivity index is 1.60. The first-order valence-corrected chi connectivity index (χ1v) is 9.93. The van der Waals surface area contributed by atoms with E-state index in [9.17, 15) is 13.2 Å². The molecule has 0 bridgehead atoms. The number of sulfone groups is 1. The molecule has 23 heavy (non-hydrogen) atoms. The summed E-state index contributed by atoms with van der Waals surface area (Å²) in [5.41, 5.74) is 0.768. The van der Waals surface area contributed by atoms with Gasteiger partial charge in [0.05, 0.1) is 23.5 Å². The van der Waals surface area contributed by atoms with Crippen molar-refractivity contribution in [1.82, 2.24) is 15.1 Å². The number of hydrogen-bond acceptors (Lipinski definition) is 4. The Morgan fingerprint density at radius 2 is 1.96 bits per heavy atom. The number of hydrogen-bond donors (Lipinski definition) is 1. The summed E-state index contributed by atoms with van der Waals surface area (Å²) in [4.78, 5) is 12.4. The van der Waals surface area contributed by atoms with E-state index in [1.807, 2.05) is 16.9 Å². The van der Waals surface area contributed by atoms with Crippen molar-refractivity contribution >= 4 is 15.7 Å². The van der Waals surface area contributed by atoms with E-state index in [-0.39, 0.29) is 11.8 Å². The van der Waals surface area contributed by atoms with E-state index in [1.54, 1.807) is 0 Å². The SMILES string of the molecule is CC(C)(C(=O)NCc1ccn(C2CCCC2)n1)S(=O)(=O)C1CC1. The molecule has 1 N–H and O–H groups in total. The van der Waals surface area contributed by atoms with Crippen LogP contribution >= 0.6 is 0 Å². The zero-order chi connectivity index (χ0) is 16.7. The fraction of sp³-hybridized carbons (Fsp3) is 0.750. The van der Waals surface area contributed by atoms with Crippen molar-refractivity contribution in [3.8, 4) is 0 Å². The van der Waals surface area contributed by atoms with Crippen molar-refractivity contribution in [3.63, 3.8) is 0 Å². The van der Waals surface area contributed by atoms with Crippen LogP contribution in [0.1, 0.15) is 64.1 Å². The van der Waals surface area contributed by atoms with Gasteiger partial charge in [-0.15, -0.1) is 0 Å². The van der Waals surface area contributed by atoms with E-state index >= 15 is 0 Å². The van der Waals surface area contributed by atoms with Crippen LogP contribution in [0.25, 0.3) is 0 Å². The predicted molar refractivity (Wildman–Crippen MR) is 87.6 cm³/mol. The van der Waals surface area contributed by atoms with Gasteiger partial charge in [0, 0.05) is 6.20 Å². The first-order valence-electron chi connectivity index (χ1n) is 8.38. The number of amides is 1. The van der Waals surface area contributed by atoms with Gasteiger partial charge in [-0.05, 0) is 45.6 Å². The molecule has 0 aromatic carbocycles. The minimum Gasteiger partial charge on any atom is -0.349 e. The molecule has 0 aliphatic heterocycles. The molecule has 0 radical (unpaired) electrons. The van der Waals surface area contributed by atoms with Crippen molar-refractivity contribution in [2.75, 3.05) is 0 Å². The number of carbonyl (C=O) groups excluding carboxylic acids is 1. The lowest BCUT2D eigenvalue weighted by molar-refractivity contribution is -0.123. The maximum absolute atomic E-state index is 12.4. The Hall–Kier alpha value is -1.37. The first-order chi connectivity index (χ1) is 10.8. The Morgan fingerprint density at radius 1 is 1.30 bits per heavy atom. The lowest BCUT2D eigenvalue weighted by atomic mass is 10.2. The first kappa shape index (κ1) is 16.5. The second-order valence-corrected chi connectivity index (χ2v) is 9.94. The number of carbonyl (C=O) groups is 1. The number of nitrogens with one attached hydrogen (secondary N) is 1. The average Bonchev–Trinajstić information content (AvgIpc) is 3.04. The van der Waals surface area contributed by atoms with Gasteiger partial charge in [-0.1, -0.05) is 12.8 Å². The van der Waals surface area contributed by atoms with Crippen LogP contribution in [0.15, 0.2) is 12.3 Å². The van der Waals surface area contributed by atoms with Crippen LogP contribution in [0, 0.1) is 0 Å². The van der Waals surface area contributed by atoms with Gasteiger partial charge in [-0.2, -0.15) is 5.10 Å². The highest BCUT2D eigenvalue weighted by Crippen LogP contribution is 2.36. The highest BCUT2D eigenvalue weighted by atomic mass is 32.2. The standard InChI is InChI=1S/C16H25N3O3S/c1-16(2,23(21,22)14-7-8-14)15(20)17-11-12-9-10-19(18-12)13-5-3-4-6-13/h9-10,13-14H,3-8,11H2,1-2H3,(H,17,20). The monoisotopic (exact) mass is 339 g/mol. The Labute approximate surface area is 137 Å². The molecule has 2 aliphatic rings. The number of rotatable bonds is 6. The van der Waals surface area contributed by atoms with Crippen LogP contribution in [-0.4, -0.2) is 34.1 Å². The fourth-order valence-corrected chi connectivity index (χ4v) is 5.07. The molecule has 0 unspecified atom stereocenters. The summed E-state index contributed by atoms with van der Waals surface area (Å²) in [5.74, 6) is -0.445. The maximum Gasteiger partial charge on any atom is 0.241 e. The molecule has 1 amide bonds. The van der Waals surface area contributed by atoms with Gasteiger partial charge < -0.3 is 5.32 Å². The summed E-state index contributed by atoms with van der Waals surface area (Å²) < 4.78 is 25.3. The third-order valence-corrected chi connectivity index (χ3v) is 7.97. The highest BCUT2D eigenvalue weighted by molar-refractivity contribution is 7.94. The van der Waals surface area contributed by atoms with Gasteiger partial charge in [0.1, 0.15) is 4.75 Å². The van der Waals surface area contributed by atoms with Crippen LogP contribution in [-0.2, 0) is 21.2 Å². The summed E-state index contributed by atoms with van der Waals surface area (Å²) in [6, 6.07) is 2.35. The van der Waals surface area contributed by atoms with Gasteiger partial charge in [-0.25, -0.2) is 8.42 Å². The summed E-state index contributed by atoms with van der Waals surface area (Å²) in [6.07, 6.45) is 8.08. The molecule has 7 heteroatoms. The molecule has 2 fully saturated rings. The molecule has 128 valence electrons. The minimum absolute atomic E-state index is 0.266. The minimum atomic E-state index is -3.41. The van der Waals surface area contributed by atoms with Gasteiger partial charge in [-0.3, -0.25) is 9.48 Å². The fourth-order valence-electron chi connectivity index (χ4n) is 3.15. The third kappa shape index (κ3) is 3.16. The van der Waals surface area contributed by atoms with Gasteiger partial charge >= 0.3 is 0 Å². The quantitative estimate of drug-likeness (QED) is 0.859. The molecule has 6 nitrogen and oxygen atoms in total. The number of aromatic nitrogens is 2. The van der Waals surface area contributed by atoms with Crippen molar-refractivity contribution < 1.29 is 13.2 Å². The van der Waals surface area contributed by atoms with Crippen molar-refractivity contribution in [3.05, 3.63) is 18.0 Å². The topological polar surface area (TPSA) is 81.1 Å². The molecule has 1 aromatic heterocycles.